The van der Waals surface area contributed by atoms with Crippen molar-refractivity contribution in [2.24, 2.45) is 7.05 Å². The minimum Gasteiger partial charge on any atom is -0.744 e. The van der Waals surface area contributed by atoms with Crippen LogP contribution in [0.15, 0.2) is 65.8 Å². The summed E-state index contributed by atoms with van der Waals surface area (Å²) in [5, 5.41) is 2.43. The number of hydrogen-bond acceptors (Lipinski definition) is 5. The summed E-state index contributed by atoms with van der Waals surface area (Å²) in [5.74, 6) is 0.932. The zero-order chi connectivity index (χ0) is 20.1. The summed E-state index contributed by atoms with van der Waals surface area (Å²) >= 11 is 0. The van der Waals surface area contributed by atoms with E-state index in [4.69, 9.17) is 9.47 Å². The van der Waals surface area contributed by atoms with Crippen LogP contribution in [0, 0.1) is 6.92 Å². The molecule has 28 heavy (non-hydrogen) atoms. The van der Waals surface area contributed by atoms with Gasteiger partial charge in [-0.15, -0.1) is 0 Å². The lowest BCUT2D eigenvalue weighted by molar-refractivity contribution is -0.670. The number of nitrogens with zero attached hydrogens (tertiary/aromatic N) is 1. The van der Waals surface area contributed by atoms with Crippen LogP contribution in [-0.4, -0.2) is 32.3 Å². The Labute approximate surface area is 165 Å². The molecule has 148 valence electrons. The predicted octanol–water partition coefficient (Wildman–Crippen LogP) is 2.73. The monoisotopic (exact) mass is 401 g/mol. The van der Waals surface area contributed by atoms with Gasteiger partial charge in [-0.05, 0) is 42.6 Å². The topological polar surface area (TPSA) is 79.5 Å². The number of pyridine rings is 1. The lowest BCUT2D eigenvalue weighted by Gasteiger charge is -2.11. The van der Waals surface area contributed by atoms with Crippen molar-refractivity contribution in [1.29, 1.82) is 0 Å². The number of ether oxygens (including phenoxy) is 2. The van der Waals surface area contributed by atoms with Crippen LogP contribution in [0.4, 0.5) is 0 Å². The molecule has 0 aliphatic carbocycles. The second-order valence-electron chi connectivity index (χ2n) is 6.77. The van der Waals surface area contributed by atoms with Crippen LogP contribution >= 0.6 is 0 Å². The molecule has 1 fully saturated rings. The fourth-order valence-electron chi connectivity index (χ4n) is 2.85. The Hall–Kier alpha value is -2.48. The van der Waals surface area contributed by atoms with Crippen molar-refractivity contribution in [3.63, 3.8) is 0 Å². The van der Waals surface area contributed by atoms with Gasteiger partial charge in [-0.2, -0.15) is 0 Å². The van der Waals surface area contributed by atoms with Crippen LogP contribution in [0.2, 0.25) is 0 Å². The Morgan fingerprint density at radius 3 is 2.50 bits per heavy atom. The summed E-state index contributed by atoms with van der Waals surface area (Å²) in [4.78, 5) is -0.178. The van der Waals surface area contributed by atoms with E-state index >= 15 is 0 Å². The van der Waals surface area contributed by atoms with Crippen LogP contribution in [-0.2, 0) is 21.9 Å². The van der Waals surface area contributed by atoms with E-state index in [1.807, 2.05) is 30.8 Å². The summed E-state index contributed by atoms with van der Waals surface area (Å²) in [6.07, 6.45) is 5.36. The van der Waals surface area contributed by atoms with Crippen molar-refractivity contribution in [1.82, 2.24) is 0 Å². The lowest BCUT2D eigenvalue weighted by atomic mass is 10.1. The van der Waals surface area contributed by atoms with E-state index < -0.39 is 10.1 Å². The average molecular weight is 401 g/mol. The fraction of sp³-hybridized carbons (Fsp3) is 0.286. The molecule has 4 rings (SSSR count). The summed E-state index contributed by atoms with van der Waals surface area (Å²) < 4.78 is 44.4. The van der Waals surface area contributed by atoms with E-state index in [0.717, 1.165) is 24.3 Å². The van der Waals surface area contributed by atoms with Gasteiger partial charge in [0.15, 0.2) is 12.4 Å². The Balaban J connectivity index is 0.000000178. The van der Waals surface area contributed by atoms with Gasteiger partial charge in [-0.3, -0.25) is 0 Å². The van der Waals surface area contributed by atoms with Crippen LogP contribution in [0.5, 0.6) is 5.75 Å². The van der Waals surface area contributed by atoms with Gasteiger partial charge in [-0.25, -0.2) is 13.0 Å². The molecule has 1 aliphatic rings. The average Bonchev–Trinajstić information content (AvgIpc) is 3.15. The standard InChI is InChI=1S/C14H16NO2.C7H8O3S/c1-15-6-4-11-8-13(3-2-12(11)9-15)17-14-5-7-16-10-14;1-6-2-4-7(5-3-6)11(8,9)10/h2-4,6,8-9,14H,5,7,10H2,1H3;2-5H,1H3,(H,8,9,10)/q+1;/p-1. The molecule has 0 N–H and O–H groups in total. The molecule has 0 amide bonds. The smallest absolute Gasteiger partial charge is 0.176 e. The molecule has 0 saturated carbocycles. The van der Waals surface area contributed by atoms with Crippen LogP contribution in [0.25, 0.3) is 10.8 Å². The minimum absolute atomic E-state index is 0.178. The summed E-state index contributed by atoms with van der Waals surface area (Å²) in [6, 6.07) is 14.1. The van der Waals surface area contributed by atoms with Gasteiger partial charge in [-0.1, -0.05) is 17.7 Å². The number of aromatic nitrogens is 1. The van der Waals surface area contributed by atoms with E-state index in [-0.39, 0.29) is 11.0 Å². The maximum atomic E-state index is 10.4. The van der Waals surface area contributed by atoms with Gasteiger partial charge in [0.05, 0.1) is 18.1 Å². The molecule has 0 radical (unpaired) electrons. The number of rotatable bonds is 3. The largest absolute Gasteiger partial charge is 0.744 e. The summed E-state index contributed by atoms with van der Waals surface area (Å²) in [7, 11) is -2.24. The molecule has 1 aromatic heterocycles. The molecule has 7 heteroatoms. The molecule has 1 aliphatic heterocycles. The molecular weight excluding hydrogens is 378 g/mol. The Bertz CT molecular complexity index is 1040. The minimum atomic E-state index is -4.27. The predicted molar refractivity (Wildman–Crippen MR) is 104 cm³/mol. The summed E-state index contributed by atoms with van der Waals surface area (Å²) in [6.45, 7) is 3.34. The quantitative estimate of drug-likeness (QED) is 0.498. The first-order valence-electron chi connectivity index (χ1n) is 8.97. The Kier molecular flexibility index (Phi) is 6.28. The molecule has 2 aromatic carbocycles. The van der Waals surface area contributed by atoms with E-state index in [1.165, 1.54) is 22.9 Å². The molecule has 0 bridgehead atoms. The van der Waals surface area contributed by atoms with E-state index in [1.54, 1.807) is 12.1 Å². The molecule has 6 nitrogen and oxygen atoms in total. The number of aryl methyl sites for hydroxylation is 2. The first-order chi connectivity index (χ1) is 13.3. The van der Waals surface area contributed by atoms with E-state index in [2.05, 4.69) is 24.4 Å². The highest BCUT2D eigenvalue weighted by molar-refractivity contribution is 7.85. The molecule has 1 saturated heterocycles. The summed E-state index contributed by atoms with van der Waals surface area (Å²) in [5.41, 5.74) is 0.928. The second kappa shape index (κ2) is 8.68. The molecule has 1 unspecified atom stereocenters. The molecular formula is C21H23NO5S. The van der Waals surface area contributed by atoms with Crippen molar-refractivity contribution in [3.8, 4) is 5.75 Å². The highest BCUT2D eigenvalue weighted by Crippen LogP contribution is 2.22. The first kappa shape index (κ1) is 20.3. The maximum Gasteiger partial charge on any atom is 0.176 e. The zero-order valence-electron chi connectivity index (χ0n) is 15.9. The Morgan fingerprint density at radius 1 is 1.11 bits per heavy atom. The van der Waals surface area contributed by atoms with Crippen molar-refractivity contribution in [3.05, 3.63) is 66.5 Å². The van der Waals surface area contributed by atoms with Gasteiger partial charge in [0, 0.05) is 17.9 Å². The van der Waals surface area contributed by atoms with E-state index in [9.17, 15) is 13.0 Å². The van der Waals surface area contributed by atoms with Gasteiger partial charge in [0.1, 0.15) is 29.0 Å². The maximum absolute atomic E-state index is 10.4. The Morgan fingerprint density at radius 2 is 1.86 bits per heavy atom. The second-order valence-corrected chi connectivity index (χ2v) is 8.15. The van der Waals surface area contributed by atoms with Crippen molar-refractivity contribution in [2.75, 3.05) is 13.2 Å². The third-order valence-corrected chi connectivity index (χ3v) is 5.24. The first-order valence-corrected chi connectivity index (χ1v) is 10.4. The SMILES string of the molecule is C[n+]1ccc2cc(OC3CCOC3)ccc2c1.Cc1ccc(S(=O)(=O)[O-])cc1. The van der Waals surface area contributed by atoms with Crippen molar-refractivity contribution < 1.29 is 27.0 Å². The van der Waals surface area contributed by atoms with Crippen molar-refractivity contribution >= 4 is 20.9 Å². The number of hydrogen-bond donors (Lipinski definition) is 0. The van der Waals surface area contributed by atoms with Crippen molar-refractivity contribution in [2.45, 2.75) is 24.3 Å². The van der Waals surface area contributed by atoms with Crippen LogP contribution in [0.1, 0.15) is 12.0 Å². The third-order valence-electron chi connectivity index (χ3n) is 4.39. The van der Waals surface area contributed by atoms with Crippen LogP contribution < -0.4 is 9.30 Å². The molecule has 0 spiro atoms. The highest BCUT2D eigenvalue weighted by atomic mass is 32.2. The highest BCUT2D eigenvalue weighted by Gasteiger charge is 2.17. The number of fused-ring (bicyclic) bond motifs is 1. The van der Waals surface area contributed by atoms with Gasteiger partial charge in [0.2, 0.25) is 0 Å². The van der Waals surface area contributed by atoms with Gasteiger partial charge < -0.3 is 14.0 Å². The molecule has 2 heterocycles. The zero-order valence-corrected chi connectivity index (χ0v) is 16.7. The molecule has 1 atom stereocenters. The third kappa shape index (κ3) is 5.51. The van der Waals surface area contributed by atoms with Crippen LogP contribution in [0.3, 0.4) is 0 Å². The normalized spacial score (nSPS) is 16.5. The fourth-order valence-corrected chi connectivity index (χ4v) is 3.32. The number of benzene rings is 2. The van der Waals surface area contributed by atoms with Gasteiger partial charge >= 0.3 is 0 Å². The lowest BCUT2D eigenvalue weighted by Crippen LogP contribution is -2.25. The van der Waals surface area contributed by atoms with Gasteiger partial charge in [0.25, 0.3) is 0 Å². The molecule has 3 aromatic rings. The van der Waals surface area contributed by atoms with E-state index in [0.29, 0.717) is 6.61 Å².